The van der Waals surface area contributed by atoms with Crippen molar-refractivity contribution in [3.05, 3.63) is 77.5 Å². The van der Waals surface area contributed by atoms with Gasteiger partial charge in [-0.05, 0) is 49.3 Å². The van der Waals surface area contributed by atoms with E-state index in [0.29, 0.717) is 5.91 Å². The highest BCUT2D eigenvalue weighted by Gasteiger charge is 2.27. The summed E-state index contributed by atoms with van der Waals surface area (Å²) in [6.07, 6.45) is 14.5. The van der Waals surface area contributed by atoms with Crippen LogP contribution in [0.4, 0.5) is 0 Å². The molecule has 0 bridgehead atoms. The van der Waals surface area contributed by atoms with Crippen LogP contribution in [0.1, 0.15) is 69.4 Å². The lowest BCUT2D eigenvalue weighted by Gasteiger charge is -2.27. The molecule has 1 aliphatic rings. The number of fused-ring (bicyclic) bond motifs is 1. The second-order valence-corrected chi connectivity index (χ2v) is 9.52. The van der Waals surface area contributed by atoms with Crippen LogP contribution < -0.4 is 0 Å². The van der Waals surface area contributed by atoms with Crippen molar-refractivity contribution >= 4 is 22.9 Å². The molecule has 3 aromatic rings. The van der Waals surface area contributed by atoms with E-state index in [9.17, 15) is 4.79 Å². The van der Waals surface area contributed by atoms with Crippen LogP contribution in [0.2, 0.25) is 0 Å². The predicted molar refractivity (Wildman–Crippen MR) is 139 cm³/mol. The van der Waals surface area contributed by atoms with E-state index in [0.717, 1.165) is 38.8 Å². The van der Waals surface area contributed by atoms with E-state index in [4.69, 9.17) is 0 Å². The highest BCUT2D eigenvalue weighted by atomic mass is 16.2. The number of H-pyrrole nitrogens is 1. The van der Waals surface area contributed by atoms with Gasteiger partial charge in [-0.1, -0.05) is 92.8 Å². The third-order valence-electron chi connectivity index (χ3n) is 7.01. The van der Waals surface area contributed by atoms with Crippen molar-refractivity contribution in [2.75, 3.05) is 13.1 Å². The molecule has 1 aromatic heterocycles. The maximum absolute atomic E-state index is 13.6. The Morgan fingerprint density at radius 3 is 2.58 bits per heavy atom. The summed E-state index contributed by atoms with van der Waals surface area (Å²) in [5.74, 6) is 0.573. The molecule has 1 fully saturated rings. The molecule has 0 radical (unpaired) electrons. The molecular weight excluding hydrogens is 404 g/mol. The number of rotatable bonds is 11. The zero-order valence-electron chi connectivity index (χ0n) is 20.1. The zero-order valence-corrected chi connectivity index (χ0v) is 20.1. The van der Waals surface area contributed by atoms with E-state index in [1.807, 2.05) is 0 Å². The molecule has 3 nitrogen and oxygen atoms in total. The summed E-state index contributed by atoms with van der Waals surface area (Å²) in [7, 11) is 0. The average molecular weight is 443 g/mol. The van der Waals surface area contributed by atoms with Gasteiger partial charge in [0.05, 0.1) is 0 Å². The minimum Gasteiger partial charge on any atom is -0.361 e. The second kappa shape index (κ2) is 11.9. The van der Waals surface area contributed by atoms with Crippen molar-refractivity contribution < 1.29 is 4.79 Å². The van der Waals surface area contributed by atoms with Crippen molar-refractivity contribution in [2.24, 2.45) is 5.92 Å². The van der Waals surface area contributed by atoms with Gasteiger partial charge < -0.3 is 9.88 Å². The maximum Gasteiger partial charge on any atom is 0.225 e. The fourth-order valence-corrected chi connectivity index (χ4v) is 5.12. The van der Waals surface area contributed by atoms with Gasteiger partial charge in [0.15, 0.2) is 0 Å². The summed E-state index contributed by atoms with van der Waals surface area (Å²) < 4.78 is 0. The van der Waals surface area contributed by atoms with Crippen LogP contribution in [-0.4, -0.2) is 28.9 Å². The minimum atomic E-state index is 0.210. The number of benzene rings is 2. The van der Waals surface area contributed by atoms with Gasteiger partial charge in [-0.3, -0.25) is 4.79 Å². The molecule has 0 atom stereocenters. The SMILES string of the molecule is CCCCCC(=Cc1ccccc1)CN(CCc1c[nH]c2ccccc12)C(=O)C1CCCC1. The first-order chi connectivity index (χ1) is 16.2. The first-order valence-corrected chi connectivity index (χ1v) is 12.8. The Morgan fingerprint density at radius 2 is 1.79 bits per heavy atom. The summed E-state index contributed by atoms with van der Waals surface area (Å²) in [5, 5.41) is 1.27. The van der Waals surface area contributed by atoms with Gasteiger partial charge in [0.1, 0.15) is 0 Å². The molecule has 1 heterocycles. The van der Waals surface area contributed by atoms with Gasteiger partial charge in [-0.2, -0.15) is 0 Å². The monoisotopic (exact) mass is 442 g/mol. The number of amides is 1. The number of aromatic nitrogens is 1. The summed E-state index contributed by atoms with van der Waals surface area (Å²) in [5.41, 5.74) is 5.08. The summed E-state index contributed by atoms with van der Waals surface area (Å²) >= 11 is 0. The largest absolute Gasteiger partial charge is 0.361 e. The van der Waals surface area contributed by atoms with E-state index >= 15 is 0 Å². The summed E-state index contributed by atoms with van der Waals surface area (Å²) in [6, 6.07) is 19.0. The van der Waals surface area contributed by atoms with E-state index in [1.54, 1.807) is 0 Å². The quantitative estimate of drug-likeness (QED) is 0.309. The predicted octanol–water partition coefficient (Wildman–Crippen LogP) is 7.39. The number of nitrogens with zero attached hydrogens (tertiary/aromatic N) is 1. The lowest BCUT2D eigenvalue weighted by atomic mass is 10.0. The van der Waals surface area contributed by atoms with Crippen LogP contribution in [0, 0.1) is 5.92 Å². The Morgan fingerprint density at radius 1 is 1.03 bits per heavy atom. The Hall–Kier alpha value is -2.81. The molecule has 3 heteroatoms. The first-order valence-electron chi connectivity index (χ1n) is 12.8. The Balaban J connectivity index is 1.53. The van der Waals surface area contributed by atoms with Gasteiger partial charge in [-0.15, -0.1) is 0 Å². The molecule has 33 heavy (non-hydrogen) atoms. The summed E-state index contributed by atoms with van der Waals surface area (Å²) in [4.78, 5) is 19.1. The van der Waals surface area contributed by atoms with Crippen LogP contribution >= 0.6 is 0 Å². The maximum atomic E-state index is 13.6. The third kappa shape index (κ3) is 6.37. The molecule has 174 valence electrons. The highest BCUT2D eigenvalue weighted by molar-refractivity contribution is 5.83. The fraction of sp³-hybridized carbons (Fsp3) is 0.433. The number of para-hydroxylation sites is 1. The third-order valence-corrected chi connectivity index (χ3v) is 7.01. The average Bonchev–Trinajstić information content (AvgIpc) is 3.52. The van der Waals surface area contributed by atoms with Gasteiger partial charge in [0.25, 0.3) is 0 Å². The highest BCUT2D eigenvalue weighted by Crippen LogP contribution is 2.28. The van der Waals surface area contributed by atoms with E-state index in [-0.39, 0.29) is 5.92 Å². The van der Waals surface area contributed by atoms with Crippen LogP contribution in [0.5, 0.6) is 0 Å². The number of carbonyl (C=O) groups is 1. The smallest absolute Gasteiger partial charge is 0.225 e. The van der Waals surface area contributed by atoms with Crippen LogP contribution in [0.15, 0.2) is 66.4 Å². The number of carbonyl (C=O) groups excluding carboxylic acids is 1. The lowest BCUT2D eigenvalue weighted by Crippen LogP contribution is -2.38. The van der Waals surface area contributed by atoms with Crippen LogP contribution in [0.3, 0.4) is 0 Å². The second-order valence-electron chi connectivity index (χ2n) is 9.52. The molecule has 1 aliphatic carbocycles. The Bertz CT molecular complexity index is 1040. The number of hydrogen-bond acceptors (Lipinski definition) is 1. The standard InChI is InChI=1S/C30H38N2O/c1-2-3-5-14-25(21-24-12-6-4-7-13-24)23-32(30(33)26-15-8-9-16-26)20-19-27-22-31-29-18-11-10-17-28(27)29/h4,6-7,10-13,17-18,21-22,26,31H,2-3,5,8-9,14-16,19-20,23H2,1H3. The number of aromatic amines is 1. The molecule has 0 aliphatic heterocycles. The van der Waals surface area contributed by atoms with Crippen molar-refractivity contribution in [3.8, 4) is 0 Å². The molecule has 1 amide bonds. The topological polar surface area (TPSA) is 36.1 Å². The molecular formula is C30H38N2O. The lowest BCUT2D eigenvalue weighted by molar-refractivity contribution is -0.134. The van der Waals surface area contributed by atoms with Crippen molar-refractivity contribution in [1.82, 2.24) is 9.88 Å². The van der Waals surface area contributed by atoms with E-state index in [2.05, 4.69) is 83.7 Å². The first kappa shape index (κ1) is 23.4. The zero-order chi connectivity index (χ0) is 22.9. The van der Waals surface area contributed by atoms with E-state index in [1.165, 1.54) is 59.7 Å². The Kier molecular flexibility index (Phi) is 8.41. The van der Waals surface area contributed by atoms with Gasteiger partial charge in [-0.25, -0.2) is 0 Å². The van der Waals surface area contributed by atoms with Crippen molar-refractivity contribution in [1.29, 1.82) is 0 Å². The number of nitrogens with one attached hydrogen (secondary N) is 1. The fourth-order valence-electron chi connectivity index (χ4n) is 5.12. The molecule has 0 spiro atoms. The molecule has 1 saturated carbocycles. The van der Waals surface area contributed by atoms with Gasteiger partial charge >= 0.3 is 0 Å². The molecule has 0 saturated heterocycles. The molecule has 1 N–H and O–H groups in total. The van der Waals surface area contributed by atoms with Crippen molar-refractivity contribution in [2.45, 2.75) is 64.7 Å². The summed E-state index contributed by atoms with van der Waals surface area (Å²) in [6.45, 7) is 3.77. The molecule has 4 rings (SSSR count). The van der Waals surface area contributed by atoms with Crippen molar-refractivity contribution in [3.63, 3.8) is 0 Å². The Labute approximate surface area is 198 Å². The normalized spacial score (nSPS) is 14.8. The van der Waals surface area contributed by atoms with E-state index < -0.39 is 0 Å². The molecule has 0 unspecified atom stereocenters. The van der Waals surface area contributed by atoms with Gasteiger partial charge in [0.2, 0.25) is 5.91 Å². The van der Waals surface area contributed by atoms with Gasteiger partial charge in [0, 0.05) is 36.1 Å². The van der Waals surface area contributed by atoms with Crippen LogP contribution in [-0.2, 0) is 11.2 Å². The van der Waals surface area contributed by atoms with Crippen LogP contribution in [0.25, 0.3) is 17.0 Å². The number of unbranched alkanes of at least 4 members (excludes halogenated alkanes) is 2. The minimum absolute atomic E-state index is 0.210. The molecule has 2 aromatic carbocycles. The number of hydrogen-bond donors (Lipinski definition) is 1.